The van der Waals surface area contributed by atoms with Gasteiger partial charge in [-0.05, 0) is 36.2 Å². The van der Waals surface area contributed by atoms with E-state index in [1.807, 2.05) is 48.5 Å². The van der Waals surface area contributed by atoms with Crippen molar-refractivity contribution >= 4 is 17.6 Å². The Hall–Kier alpha value is -3.41. The second-order valence-corrected chi connectivity index (χ2v) is 5.64. The van der Waals surface area contributed by atoms with Crippen LogP contribution < -0.4 is 5.32 Å². The fourth-order valence-electron chi connectivity index (χ4n) is 2.54. The van der Waals surface area contributed by atoms with Crippen molar-refractivity contribution in [3.05, 3.63) is 60.3 Å². The van der Waals surface area contributed by atoms with Gasteiger partial charge in [0.05, 0.1) is 6.61 Å². The van der Waals surface area contributed by atoms with E-state index in [1.54, 1.807) is 13.0 Å². The molecule has 0 bridgehead atoms. The van der Waals surface area contributed by atoms with Crippen LogP contribution in [0, 0.1) is 0 Å². The monoisotopic (exact) mass is 350 g/mol. The average Bonchev–Trinajstić information content (AvgIpc) is 3.12. The van der Waals surface area contributed by atoms with Gasteiger partial charge in [-0.25, -0.2) is 4.79 Å². The first-order valence-corrected chi connectivity index (χ1v) is 8.19. The summed E-state index contributed by atoms with van der Waals surface area (Å²) in [6.07, 6.45) is 0. The SMILES string of the molecule is CCOC(=O)c1cc(-c2cccc(-c3cccc(NC(C)=O)c3)c2)on1. The van der Waals surface area contributed by atoms with E-state index in [0.29, 0.717) is 5.76 Å². The first-order chi connectivity index (χ1) is 12.6. The van der Waals surface area contributed by atoms with E-state index < -0.39 is 5.97 Å². The summed E-state index contributed by atoms with van der Waals surface area (Å²) in [4.78, 5) is 23.0. The summed E-state index contributed by atoms with van der Waals surface area (Å²) < 4.78 is 10.2. The molecule has 6 heteroatoms. The lowest BCUT2D eigenvalue weighted by Crippen LogP contribution is -2.05. The Balaban J connectivity index is 1.89. The number of hydrogen-bond acceptors (Lipinski definition) is 5. The van der Waals surface area contributed by atoms with Crippen LogP contribution in [-0.4, -0.2) is 23.6 Å². The molecule has 0 spiro atoms. The van der Waals surface area contributed by atoms with Crippen molar-refractivity contribution in [2.75, 3.05) is 11.9 Å². The van der Waals surface area contributed by atoms with Crippen LogP contribution in [0.3, 0.4) is 0 Å². The number of benzene rings is 2. The summed E-state index contributed by atoms with van der Waals surface area (Å²) in [5.74, 6) is -0.154. The molecule has 3 rings (SSSR count). The number of hydrogen-bond donors (Lipinski definition) is 1. The highest BCUT2D eigenvalue weighted by Crippen LogP contribution is 2.28. The molecule has 0 aliphatic carbocycles. The standard InChI is InChI=1S/C20H18N2O4/c1-3-25-20(24)18-12-19(26-22-18)16-8-4-6-14(10-16)15-7-5-9-17(11-15)21-13(2)23/h4-12H,3H2,1-2H3,(H,21,23). The number of carbonyl (C=O) groups is 2. The summed E-state index contributed by atoms with van der Waals surface area (Å²) in [6.45, 7) is 3.48. The predicted molar refractivity (Wildman–Crippen MR) is 97.6 cm³/mol. The van der Waals surface area contributed by atoms with Crippen molar-refractivity contribution in [1.82, 2.24) is 5.16 Å². The molecule has 0 atom stereocenters. The van der Waals surface area contributed by atoms with Crippen LogP contribution in [0.1, 0.15) is 24.3 Å². The number of anilines is 1. The maximum atomic E-state index is 11.7. The third-order valence-electron chi connectivity index (χ3n) is 3.66. The second-order valence-electron chi connectivity index (χ2n) is 5.64. The smallest absolute Gasteiger partial charge is 0.360 e. The quantitative estimate of drug-likeness (QED) is 0.699. The molecule has 1 aromatic heterocycles. The zero-order valence-electron chi connectivity index (χ0n) is 14.5. The third kappa shape index (κ3) is 3.97. The van der Waals surface area contributed by atoms with E-state index >= 15 is 0 Å². The Kier molecular flexibility index (Phi) is 5.12. The number of aromatic nitrogens is 1. The van der Waals surface area contributed by atoms with Gasteiger partial charge >= 0.3 is 5.97 Å². The molecule has 0 fully saturated rings. The molecule has 1 amide bonds. The molecule has 6 nitrogen and oxygen atoms in total. The minimum atomic E-state index is -0.512. The van der Waals surface area contributed by atoms with Gasteiger partial charge in [0.1, 0.15) is 0 Å². The highest BCUT2D eigenvalue weighted by Gasteiger charge is 2.15. The zero-order chi connectivity index (χ0) is 18.5. The molecule has 2 aromatic carbocycles. The summed E-state index contributed by atoms with van der Waals surface area (Å²) in [7, 11) is 0. The molecule has 0 aliphatic heterocycles. The first kappa shape index (κ1) is 17.4. The third-order valence-corrected chi connectivity index (χ3v) is 3.66. The Morgan fingerprint density at radius 3 is 2.46 bits per heavy atom. The van der Waals surface area contributed by atoms with Gasteiger partial charge in [-0.1, -0.05) is 35.5 Å². The highest BCUT2D eigenvalue weighted by molar-refractivity contribution is 5.90. The van der Waals surface area contributed by atoms with E-state index in [4.69, 9.17) is 9.26 Å². The van der Waals surface area contributed by atoms with Crippen LogP contribution in [0.4, 0.5) is 5.69 Å². The minimum absolute atomic E-state index is 0.121. The largest absolute Gasteiger partial charge is 0.461 e. The molecule has 0 saturated carbocycles. The molecular weight excluding hydrogens is 332 g/mol. The van der Waals surface area contributed by atoms with Gasteiger partial charge in [0.2, 0.25) is 5.91 Å². The molecule has 0 radical (unpaired) electrons. The van der Waals surface area contributed by atoms with Crippen molar-refractivity contribution in [1.29, 1.82) is 0 Å². The van der Waals surface area contributed by atoms with E-state index in [-0.39, 0.29) is 18.2 Å². The van der Waals surface area contributed by atoms with Crippen molar-refractivity contribution in [3.8, 4) is 22.5 Å². The van der Waals surface area contributed by atoms with Gasteiger partial charge in [0, 0.05) is 24.2 Å². The molecule has 0 saturated heterocycles. The lowest BCUT2D eigenvalue weighted by molar-refractivity contribution is -0.114. The lowest BCUT2D eigenvalue weighted by Gasteiger charge is -2.07. The van der Waals surface area contributed by atoms with E-state index in [9.17, 15) is 9.59 Å². The maximum absolute atomic E-state index is 11.7. The molecular formula is C20H18N2O4. The van der Waals surface area contributed by atoms with Crippen LogP contribution in [0.15, 0.2) is 59.1 Å². The van der Waals surface area contributed by atoms with Gasteiger partial charge < -0.3 is 14.6 Å². The Morgan fingerprint density at radius 1 is 1.04 bits per heavy atom. The topological polar surface area (TPSA) is 81.4 Å². The lowest BCUT2D eigenvalue weighted by atomic mass is 10.0. The first-order valence-electron chi connectivity index (χ1n) is 8.19. The maximum Gasteiger partial charge on any atom is 0.360 e. The molecule has 26 heavy (non-hydrogen) atoms. The predicted octanol–water partition coefficient (Wildman–Crippen LogP) is 4.14. The van der Waals surface area contributed by atoms with Crippen LogP contribution in [-0.2, 0) is 9.53 Å². The molecule has 1 heterocycles. The Morgan fingerprint density at radius 2 is 1.73 bits per heavy atom. The van der Waals surface area contributed by atoms with Gasteiger partial charge in [-0.3, -0.25) is 4.79 Å². The van der Waals surface area contributed by atoms with Gasteiger partial charge in [-0.2, -0.15) is 0 Å². The van der Waals surface area contributed by atoms with Gasteiger partial charge in [0.25, 0.3) is 0 Å². The van der Waals surface area contributed by atoms with Crippen LogP contribution in [0.5, 0.6) is 0 Å². The van der Waals surface area contributed by atoms with Crippen molar-refractivity contribution < 1.29 is 18.8 Å². The van der Waals surface area contributed by atoms with Crippen molar-refractivity contribution in [2.24, 2.45) is 0 Å². The van der Waals surface area contributed by atoms with Gasteiger partial charge in [-0.15, -0.1) is 0 Å². The fraction of sp³-hybridized carbons (Fsp3) is 0.150. The Labute approximate surface area is 150 Å². The number of ether oxygens (including phenoxy) is 1. The van der Waals surface area contributed by atoms with E-state index in [0.717, 1.165) is 22.4 Å². The normalized spacial score (nSPS) is 10.4. The molecule has 0 aliphatic rings. The van der Waals surface area contributed by atoms with Crippen LogP contribution in [0.2, 0.25) is 0 Å². The van der Waals surface area contributed by atoms with Gasteiger partial charge in [0.15, 0.2) is 11.5 Å². The van der Waals surface area contributed by atoms with Crippen molar-refractivity contribution in [3.63, 3.8) is 0 Å². The number of nitrogens with zero attached hydrogens (tertiary/aromatic N) is 1. The summed E-state index contributed by atoms with van der Waals surface area (Å²) in [5.41, 5.74) is 3.55. The summed E-state index contributed by atoms with van der Waals surface area (Å²) >= 11 is 0. The second kappa shape index (κ2) is 7.65. The summed E-state index contributed by atoms with van der Waals surface area (Å²) in [5, 5.41) is 6.53. The van der Waals surface area contributed by atoms with Crippen LogP contribution in [0.25, 0.3) is 22.5 Å². The average molecular weight is 350 g/mol. The number of carbonyl (C=O) groups excluding carboxylic acids is 2. The number of esters is 1. The van der Waals surface area contributed by atoms with E-state index in [1.165, 1.54) is 6.92 Å². The Bertz CT molecular complexity index is 946. The zero-order valence-corrected chi connectivity index (χ0v) is 14.5. The molecule has 132 valence electrons. The molecule has 3 aromatic rings. The summed E-state index contributed by atoms with van der Waals surface area (Å²) in [6, 6.07) is 16.8. The fourth-order valence-corrected chi connectivity index (χ4v) is 2.54. The highest BCUT2D eigenvalue weighted by atomic mass is 16.5. The number of nitrogens with one attached hydrogen (secondary N) is 1. The molecule has 0 unspecified atom stereocenters. The van der Waals surface area contributed by atoms with Crippen LogP contribution >= 0.6 is 0 Å². The van der Waals surface area contributed by atoms with Crippen molar-refractivity contribution in [2.45, 2.75) is 13.8 Å². The number of amides is 1. The molecule has 1 N–H and O–H groups in total. The minimum Gasteiger partial charge on any atom is -0.461 e. The van der Waals surface area contributed by atoms with E-state index in [2.05, 4.69) is 10.5 Å². The number of rotatable bonds is 5.